The van der Waals surface area contributed by atoms with Crippen molar-refractivity contribution in [1.82, 2.24) is 4.57 Å². The van der Waals surface area contributed by atoms with E-state index in [0.29, 0.717) is 20.4 Å². The Morgan fingerprint density at radius 2 is 1.92 bits per heavy atom. The van der Waals surface area contributed by atoms with Gasteiger partial charge >= 0.3 is 5.97 Å². The number of thiazole rings is 1. The first kappa shape index (κ1) is 18.6. The molecule has 0 saturated heterocycles. The molecule has 0 fully saturated rings. The number of nitrogens with zero attached hydrogens (tertiary/aromatic N) is 2. The maximum Gasteiger partial charge on any atom is 0.325 e. The lowest BCUT2D eigenvalue weighted by molar-refractivity contribution is -0.141. The average molecular weight is 409 g/mol. The van der Waals surface area contributed by atoms with Gasteiger partial charge in [-0.05, 0) is 17.7 Å². The fraction of sp³-hybridized carbons (Fsp3) is 0.167. The zero-order valence-electron chi connectivity index (χ0n) is 13.7. The van der Waals surface area contributed by atoms with E-state index in [1.165, 1.54) is 18.4 Å². The van der Waals surface area contributed by atoms with E-state index in [9.17, 15) is 9.59 Å². The second-order valence-corrected chi connectivity index (χ2v) is 7.30. The highest BCUT2D eigenvalue weighted by Crippen LogP contribution is 2.29. The van der Waals surface area contributed by atoms with E-state index in [1.807, 2.05) is 30.3 Å². The largest absolute Gasteiger partial charge is 0.468 e. The summed E-state index contributed by atoms with van der Waals surface area (Å²) in [4.78, 5) is 28.7. The molecule has 0 saturated carbocycles. The molecule has 0 radical (unpaired) electrons. The van der Waals surface area contributed by atoms with Crippen molar-refractivity contribution in [2.24, 2.45) is 4.99 Å². The van der Waals surface area contributed by atoms with Crippen LogP contribution in [0.25, 0.3) is 10.2 Å². The third kappa shape index (κ3) is 4.15. The molecular weight excluding hydrogens is 395 g/mol. The van der Waals surface area contributed by atoms with Gasteiger partial charge in [-0.3, -0.25) is 9.59 Å². The molecule has 8 heteroatoms. The first-order valence-corrected chi connectivity index (χ1v) is 9.22. The number of hydrogen-bond donors (Lipinski definition) is 0. The molecule has 5 nitrogen and oxygen atoms in total. The lowest BCUT2D eigenvalue weighted by Gasteiger charge is -2.05. The van der Waals surface area contributed by atoms with Gasteiger partial charge in [0.2, 0.25) is 0 Å². The number of fused-ring (bicyclic) bond motifs is 1. The number of ether oxygens (including phenoxy) is 1. The molecule has 1 heterocycles. The molecule has 0 spiro atoms. The number of rotatable bonds is 4. The minimum absolute atomic E-state index is 0.102. The van der Waals surface area contributed by atoms with Crippen LogP contribution < -0.4 is 4.80 Å². The van der Waals surface area contributed by atoms with E-state index in [4.69, 9.17) is 27.9 Å². The van der Waals surface area contributed by atoms with Crippen LogP contribution >= 0.6 is 34.5 Å². The first-order chi connectivity index (χ1) is 12.5. The summed E-state index contributed by atoms with van der Waals surface area (Å²) >= 11 is 13.6. The molecule has 1 amide bonds. The molecular formula is C18H14Cl2N2O3S. The normalized spacial score (nSPS) is 11.7. The van der Waals surface area contributed by atoms with Crippen molar-refractivity contribution in [2.45, 2.75) is 13.0 Å². The van der Waals surface area contributed by atoms with E-state index >= 15 is 0 Å². The highest BCUT2D eigenvalue weighted by Gasteiger charge is 2.15. The average Bonchev–Trinajstić information content (AvgIpc) is 2.92. The van der Waals surface area contributed by atoms with E-state index in [1.54, 1.807) is 16.7 Å². The van der Waals surface area contributed by atoms with Crippen molar-refractivity contribution in [3.05, 3.63) is 62.9 Å². The number of halogens is 2. The Hall–Kier alpha value is -2.15. The summed E-state index contributed by atoms with van der Waals surface area (Å²) in [5, 5.41) is 0.848. The molecule has 0 aliphatic rings. The van der Waals surface area contributed by atoms with Gasteiger partial charge < -0.3 is 9.30 Å². The molecule has 0 bridgehead atoms. The SMILES string of the molecule is COC(=O)Cn1c(=NC(=O)Cc2ccccc2)sc2cc(Cl)cc(Cl)c21. The van der Waals surface area contributed by atoms with Gasteiger partial charge in [0.05, 0.1) is 28.8 Å². The summed E-state index contributed by atoms with van der Waals surface area (Å²) in [6.07, 6.45) is 0.168. The van der Waals surface area contributed by atoms with Gasteiger partial charge in [0.1, 0.15) is 6.54 Å². The first-order valence-electron chi connectivity index (χ1n) is 7.64. The number of aromatic nitrogens is 1. The van der Waals surface area contributed by atoms with Crippen LogP contribution in [0.5, 0.6) is 0 Å². The smallest absolute Gasteiger partial charge is 0.325 e. The summed E-state index contributed by atoms with van der Waals surface area (Å²) in [6, 6.07) is 12.6. The zero-order valence-corrected chi connectivity index (χ0v) is 16.1. The molecule has 0 aliphatic heterocycles. The van der Waals surface area contributed by atoms with E-state index in [2.05, 4.69) is 4.99 Å². The predicted molar refractivity (Wildman–Crippen MR) is 103 cm³/mol. The number of carbonyl (C=O) groups excluding carboxylic acids is 2. The topological polar surface area (TPSA) is 60.7 Å². The predicted octanol–water partition coefficient (Wildman–Crippen LogP) is 3.85. The fourth-order valence-electron chi connectivity index (χ4n) is 2.47. The van der Waals surface area contributed by atoms with Gasteiger partial charge in [-0.25, -0.2) is 0 Å². The Labute approximate surface area is 163 Å². The van der Waals surface area contributed by atoms with Crippen molar-refractivity contribution in [1.29, 1.82) is 0 Å². The van der Waals surface area contributed by atoms with Crippen LogP contribution in [0.2, 0.25) is 10.0 Å². The van der Waals surface area contributed by atoms with Gasteiger partial charge in [-0.2, -0.15) is 4.99 Å². The molecule has 1 aromatic heterocycles. The Bertz CT molecular complexity index is 1040. The van der Waals surface area contributed by atoms with E-state index in [0.717, 1.165) is 10.3 Å². The number of benzene rings is 2. The van der Waals surface area contributed by atoms with Gasteiger partial charge in [0, 0.05) is 5.02 Å². The van der Waals surface area contributed by atoms with Crippen LogP contribution in [-0.4, -0.2) is 23.6 Å². The standard InChI is InChI=1S/C18H14Cl2N2O3S/c1-25-16(24)10-22-17-13(20)8-12(19)9-14(17)26-18(22)21-15(23)7-11-5-3-2-4-6-11/h2-6,8-9H,7,10H2,1H3. The maximum absolute atomic E-state index is 12.4. The van der Waals surface area contributed by atoms with Gasteiger partial charge in [0.15, 0.2) is 4.80 Å². The Morgan fingerprint density at radius 1 is 1.19 bits per heavy atom. The van der Waals surface area contributed by atoms with Crippen molar-refractivity contribution in [3.63, 3.8) is 0 Å². The molecule has 3 aromatic rings. The third-order valence-corrected chi connectivity index (χ3v) is 5.16. The Kier molecular flexibility index (Phi) is 5.76. The minimum Gasteiger partial charge on any atom is -0.468 e. The third-order valence-electron chi connectivity index (χ3n) is 3.63. The van der Waals surface area contributed by atoms with Crippen LogP contribution in [0.1, 0.15) is 5.56 Å². The van der Waals surface area contributed by atoms with Crippen LogP contribution in [0.15, 0.2) is 47.5 Å². The van der Waals surface area contributed by atoms with Gasteiger partial charge in [-0.1, -0.05) is 64.9 Å². The summed E-state index contributed by atoms with van der Waals surface area (Å²) in [5.74, 6) is -0.781. The zero-order chi connectivity index (χ0) is 18.7. The summed E-state index contributed by atoms with van der Waals surface area (Å²) in [5.41, 5.74) is 1.46. The molecule has 26 heavy (non-hydrogen) atoms. The monoisotopic (exact) mass is 408 g/mol. The molecule has 0 atom stereocenters. The number of hydrogen-bond acceptors (Lipinski definition) is 4. The van der Waals surface area contributed by atoms with Crippen LogP contribution in [0.3, 0.4) is 0 Å². The van der Waals surface area contributed by atoms with Crippen LogP contribution in [0.4, 0.5) is 0 Å². The Balaban J connectivity index is 2.08. The van der Waals surface area contributed by atoms with Crippen LogP contribution in [-0.2, 0) is 27.3 Å². The lowest BCUT2D eigenvalue weighted by Crippen LogP contribution is -2.22. The number of methoxy groups -OCH3 is 1. The van der Waals surface area contributed by atoms with E-state index in [-0.39, 0.29) is 18.9 Å². The molecule has 3 rings (SSSR count). The fourth-order valence-corrected chi connectivity index (χ4v) is 4.30. The summed E-state index contributed by atoms with van der Waals surface area (Å²) in [7, 11) is 1.30. The van der Waals surface area contributed by atoms with Crippen molar-refractivity contribution < 1.29 is 14.3 Å². The second kappa shape index (κ2) is 8.03. The minimum atomic E-state index is -0.465. The number of amides is 1. The second-order valence-electron chi connectivity index (χ2n) is 5.45. The molecule has 0 aliphatic carbocycles. The van der Waals surface area contributed by atoms with Crippen LogP contribution in [0, 0.1) is 0 Å². The van der Waals surface area contributed by atoms with Crippen molar-refractivity contribution in [2.75, 3.05) is 7.11 Å². The molecule has 2 aromatic carbocycles. The van der Waals surface area contributed by atoms with Gasteiger partial charge in [-0.15, -0.1) is 0 Å². The quantitative estimate of drug-likeness (QED) is 0.615. The van der Waals surface area contributed by atoms with Gasteiger partial charge in [0.25, 0.3) is 5.91 Å². The van der Waals surface area contributed by atoms with E-state index < -0.39 is 5.97 Å². The highest BCUT2D eigenvalue weighted by molar-refractivity contribution is 7.16. The van der Waals surface area contributed by atoms with Crippen molar-refractivity contribution >= 4 is 56.6 Å². The highest BCUT2D eigenvalue weighted by atomic mass is 35.5. The maximum atomic E-state index is 12.4. The number of esters is 1. The van der Waals surface area contributed by atoms with Crippen molar-refractivity contribution in [3.8, 4) is 0 Å². The number of carbonyl (C=O) groups is 2. The Morgan fingerprint density at radius 3 is 2.62 bits per heavy atom. The molecule has 0 N–H and O–H groups in total. The summed E-state index contributed by atoms with van der Waals surface area (Å²) < 4.78 is 7.05. The molecule has 0 unspecified atom stereocenters. The summed E-state index contributed by atoms with van der Waals surface area (Å²) in [6.45, 7) is -0.102. The lowest BCUT2D eigenvalue weighted by atomic mass is 10.1. The molecule has 134 valence electrons.